The van der Waals surface area contributed by atoms with E-state index < -0.39 is 0 Å². The molecule has 0 radical (unpaired) electrons. The van der Waals surface area contributed by atoms with Crippen molar-refractivity contribution in [3.63, 3.8) is 0 Å². The number of aromatic nitrogens is 1. The topological polar surface area (TPSA) is 33.2 Å². The summed E-state index contributed by atoms with van der Waals surface area (Å²) in [6, 6.07) is 16.4. The van der Waals surface area contributed by atoms with E-state index in [1.165, 1.54) is 12.0 Å². The largest absolute Gasteiger partial charge is 0.338 e. The number of rotatable bonds is 3. The molecule has 3 nitrogen and oxygen atoms in total. The molecule has 1 aliphatic rings. The van der Waals surface area contributed by atoms with E-state index in [9.17, 15) is 4.79 Å². The third-order valence-corrected chi connectivity index (χ3v) is 6.31. The number of carbonyl (C=O) groups excluding carboxylic acids is 1. The van der Waals surface area contributed by atoms with Crippen molar-refractivity contribution in [3.8, 4) is 11.3 Å². The number of carbonyl (C=O) groups is 1. The van der Waals surface area contributed by atoms with Crippen molar-refractivity contribution in [1.29, 1.82) is 0 Å². The van der Waals surface area contributed by atoms with Gasteiger partial charge in [-0.25, -0.2) is 4.98 Å². The van der Waals surface area contributed by atoms with Crippen molar-refractivity contribution in [2.75, 3.05) is 13.1 Å². The lowest BCUT2D eigenvalue weighted by molar-refractivity contribution is 0.0625. The molecular weight excluding hydrogens is 424 g/mol. The van der Waals surface area contributed by atoms with E-state index in [0.717, 1.165) is 51.7 Å². The maximum absolute atomic E-state index is 13.6. The van der Waals surface area contributed by atoms with Crippen LogP contribution in [0.2, 0.25) is 0 Å². The summed E-state index contributed by atoms with van der Waals surface area (Å²) in [5, 5.41) is 0.907. The fraction of sp³-hybridized carbons (Fsp3) is 0.360. The van der Waals surface area contributed by atoms with Gasteiger partial charge in [-0.15, -0.1) is 0 Å². The maximum Gasteiger partial charge on any atom is 0.254 e. The molecule has 4 heteroatoms. The number of hydrogen-bond acceptors (Lipinski definition) is 2. The summed E-state index contributed by atoms with van der Waals surface area (Å²) in [5.74, 6) is 1.17. The molecule has 0 N–H and O–H groups in total. The number of benzene rings is 2. The minimum absolute atomic E-state index is 0.111. The van der Waals surface area contributed by atoms with E-state index in [-0.39, 0.29) is 5.91 Å². The molecule has 29 heavy (non-hydrogen) atoms. The molecule has 2 atom stereocenters. The van der Waals surface area contributed by atoms with E-state index in [0.29, 0.717) is 11.8 Å². The minimum Gasteiger partial charge on any atom is -0.338 e. The average Bonchev–Trinajstić information content (AvgIpc) is 2.72. The van der Waals surface area contributed by atoms with Crippen molar-refractivity contribution in [2.24, 2.45) is 11.8 Å². The third-order valence-electron chi connectivity index (χ3n) is 5.82. The fourth-order valence-corrected chi connectivity index (χ4v) is 4.79. The van der Waals surface area contributed by atoms with Crippen LogP contribution >= 0.6 is 15.9 Å². The molecule has 1 saturated heterocycles. The predicted molar refractivity (Wildman–Crippen MR) is 123 cm³/mol. The van der Waals surface area contributed by atoms with Crippen LogP contribution in [0.3, 0.4) is 0 Å². The lowest BCUT2D eigenvalue weighted by Gasteiger charge is -2.35. The summed E-state index contributed by atoms with van der Waals surface area (Å²) in [6.07, 6.45) is 2.19. The van der Waals surface area contributed by atoms with Gasteiger partial charge in [0.15, 0.2) is 0 Å². The van der Waals surface area contributed by atoms with Gasteiger partial charge in [-0.3, -0.25) is 4.79 Å². The highest BCUT2D eigenvalue weighted by Gasteiger charge is 2.27. The molecule has 0 saturated carbocycles. The second-order valence-electron chi connectivity index (χ2n) is 8.42. The Hall–Kier alpha value is -2.20. The first-order valence-electron chi connectivity index (χ1n) is 10.4. The Morgan fingerprint density at radius 2 is 1.76 bits per heavy atom. The number of nitrogens with zero attached hydrogens (tertiary/aromatic N) is 2. The molecule has 1 aromatic heterocycles. The van der Waals surface area contributed by atoms with Gasteiger partial charge in [0.05, 0.1) is 16.8 Å². The van der Waals surface area contributed by atoms with E-state index in [4.69, 9.17) is 4.98 Å². The first kappa shape index (κ1) is 20.1. The van der Waals surface area contributed by atoms with Crippen molar-refractivity contribution in [1.82, 2.24) is 9.88 Å². The SMILES string of the molecule is CCc1ccc(-c2cc(C(=O)N3C[C@H](C)C[C@H](C)C3)c3cc(Br)ccc3n2)cc1. The summed E-state index contributed by atoms with van der Waals surface area (Å²) in [6.45, 7) is 8.26. The van der Waals surface area contributed by atoms with E-state index in [1.807, 2.05) is 29.2 Å². The molecule has 1 amide bonds. The number of hydrogen-bond donors (Lipinski definition) is 0. The van der Waals surface area contributed by atoms with Crippen molar-refractivity contribution >= 4 is 32.7 Å². The Balaban J connectivity index is 1.82. The zero-order valence-corrected chi connectivity index (χ0v) is 18.9. The molecule has 0 unspecified atom stereocenters. The lowest BCUT2D eigenvalue weighted by atomic mass is 9.91. The van der Waals surface area contributed by atoms with Crippen LogP contribution in [-0.2, 0) is 6.42 Å². The lowest BCUT2D eigenvalue weighted by Crippen LogP contribution is -2.42. The molecular formula is C25H27BrN2O. The number of fused-ring (bicyclic) bond motifs is 1. The Morgan fingerprint density at radius 1 is 1.07 bits per heavy atom. The van der Waals surface area contributed by atoms with Gasteiger partial charge in [0, 0.05) is 28.5 Å². The van der Waals surface area contributed by atoms with Gasteiger partial charge in [-0.2, -0.15) is 0 Å². The van der Waals surface area contributed by atoms with Crippen LogP contribution in [0.4, 0.5) is 0 Å². The summed E-state index contributed by atoms with van der Waals surface area (Å²) >= 11 is 3.56. The molecule has 3 aromatic rings. The monoisotopic (exact) mass is 450 g/mol. The van der Waals surface area contributed by atoms with Crippen molar-refractivity contribution in [2.45, 2.75) is 33.6 Å². The quantitative estimate of drug-likeness (QED) is 0.465. The van der Waals surface area contributed by atoms with Gasteiger partial charge in [0.2, 0.25) is 0 Å². The first-order valence-corrected chi connectivity index (χ1v) is 11.2. The predicted octanol–water partition coefficient (Wildman–Crippen LogP) is 6.34. The Labute approximate surface area is 181 Å². The molecule has 1 fully saturated rings. The molecule has 2 heterocycles. The number of amides is 1. The van der Waals surface area contributed by atoms with Crippen LogP contribution in [0.1, 0.15) is 43.1 Å². The number of pyridine rings is 1. The van der Waals surface area contributed by atoms with Gasteiger partial charge in [0.25, 0.3) is 5.91 Å². The van der Waals surface area contributed by atoms with Gasteiger partial charge in [-0.05, 0) is 54.5 Å². The van der Waals surface area contributed by atoms with E-state index in [1.54, 1.807) is 0 Å². The number of piperidine rings is 1. The molecule has 1 aliphatic heterocycles. The summed E-state index contributed by atoms with van der Waals surface area (Å²) < 4.78 is 0.960. The van der Waals surface area contributed by atoms with Crippen molar-refractivity contribution < 1.29 is 4.79 Å². The van der Waals surface area contributed by atoms with Crippen molar-refractivity contribution in [3.05, 3.63) is 64.1 Å². The zero-order valence-electron chi connectivity index (χ0n) is 17.3. The third kappa shape index (κ3) is 4.23. The second kappa shape index (κ2) is 8.27. The average molecular weight is 451 g/mol. The molecule has 2 aromatic carbocycles. The molecule has 150 valence electrons. The van der Waals surface area contributed by atoms with Gasteiger partial charge in [0.1, 0.15) is 0 Å². The maximum atomic E-state index is 13.6. The molecule has 0 aliphatic carbocycles. The number of halogens is 1. The van der Waals surface area contributed by atoms with E-state index in [2.05, 4.69) is 61.0 Å². The van der Waals surface area contributed by atoms with Crippen LogP contribution < -0.4 is 0 Å². The summed E-state index contributed by atoms with van der Waals surface area (Å²) in [7, 11) is 0. The highest BCUT2D eigenvalue weighted by atomic mass is 79.9. The first-order chi connectivity index (χ1) is 13.9. The highest BCUT2D eigenvalue weighted by molar-refractivity contribution is 9.10. The van der Waals surface area contributed by atoms with Gasteiger partial charge >= 0.3 is 0 Å². The molecule has 0 bridgehead atoms. The standard InChI is InChI=1S/C25H27BrN2O/c1-4-18-5-7-19(8-6-18)24-13-22(21-12-20(26)9-10-23(21)27-24)25(29)28-14-16(2)11-17(3)15-28/h5-10,12-13,16-17H,4,11,14-15H2,1-3H3/t16-,17+. The van der Waals surface area contributed by atoms with Gasteiger partial charge < -0.3 is 4.90 Å². The van der Waals surface area contributed by atoms with Crippen LogP contribution in [0.15, 0.2) is 53.0 Å². The normalized spacial score (nSPS) is 19.5. The van der Waals surface area contributed by atoms with Crippen LogP contribution in [0.25, 0.3) is 22.2 Å². The number of aryl methyl sites for hydroxylation is 1. The zero-order chi connectivity index (χ0) is 20.5. The van der Waals surface area contributed by atoms with Crippen LogP contribution in [-0.4, -0.2) is 28.9 Å². The number of likely N-dealkylation sites (tertiary alicyclic amines) is 1. The van der Waals surface area contributed by atoms with Crippen LogP contribution in [0.5, 0.6) is 0 Å². The Bertz CT molecular complexity index is 1030. The minimum atomic E-state index is 0.111. The highest BCUT2D eigenvalue weighted by Crippen LogP contribution is 2.30. The summed E-state index contributed by atoms with van der Waals surface area (Å²) in [5.41, 5.74) is 4.79. The Kier molecular flexibility index (Phi) is 5.73. The second-order valence-corrected chi connectivity index (χ2v) is 9.34. The fourth-order valence-electron chi connectivity index (χ4n) is 4.43. The van der Waals surface area contributed by atoms with Gasteiger partial charge in [-0.1, -0.05) is 61.0 Å². The molecule has 0 spiro atoms. The Morgan fingerprint density at radius 3 is 2.41 bits per heavy atom. The van der Waals surface area contributed by atoms with E-state index >= 15 is 0 Å². The molecule has 4 rings (SSSR count). The van der Waals surface area contributed by atoms with Crippen LogP contribution in [0, 0.1) is 11.8 Å². The smallest absolute Gasteiger partial charge is 0.254 e. The summed E-state index contributed by atoms with van der Waals surface area (Å²) in [4.78, 5) is 20.5.